The first-order valence-corrected chi connectivity index (χ1v) is 3.00. The number of hydrogen-bond acceptors (Lipinski definition) is 2. The molecule has 1 saturated heterocycles. The first-order valence-electron chi connectivity index (χ1n) is 3.00. The maximum absolute atomic E-state index is 5.10. The first kappa shape index (κ1) is 6.05. The van der Waals surface area contributed by atoms with Gasteiger partial charge in [0.15, 0.2) is 0 Å². The Kier molecular flexibility index (Phi) is 2.30. The molecular formula is C6H12NO. The standard InChI is InChI=1S/C6H12NO/c1-8-6-2-4-7-5-3-6/h2,6-7H,3-5H2,1H3. The van der Waals surface area contributed by atoms with Gasteiger partial charge in [0, 0.05) is 20.1 Å². The monoisotopic (exact) mass is 114 g/mol. The van der Waals surface area contributed by atoms with Crippen LogP contribution in [0.1, 0.15) is 6.42 Å². The van der Waals surface area contributed by atoms with Crippen LogP contribution >= 0.6 is 0 Å². The Balaban J connectivity index is 2.13. The summed E-state index contributed by atoms with van der Waals surface area (Å²) in [6, 6.07) is 0. The van der Waals surface area contributed by atoms with Crippen LogP contribution in [0.5, 0.6) is 0 Å². The molecule has 1 radical (unpaired) electrons. The van der Waals surface area contributed by atoms with Crippen molar-refractivity contribution in [2.24, 2.45) is 0 Å². The number of hydrogen-bond donors (Lipinski definition) is 1. The lowest BCUT2D eigenvalue weighted by atomic mass is 10.1. The van der Waals surface area contributed by atoms with Crippen LogP contribution in [0, 0.1) is 6.42 Å². The fraction of sp³-hybridized carbons (Fsp3) is 0.833. The smallest absolute Gasteiger partial charge is 0.0627 e. The second-order valence-corrected chi connectivity index (χ2v) is 2.00. The molecule has 0 amide bonds. The van der Waals surface area contributed by atoms with E-state index in [0.717, 1.165) is 19.5 Å². The molecule has 0 bridgehead atoms. The highest BCUT2D eigenvalue weighted by molar-refractivity contribution is 4.84. The second-order valence-electron chi connectivity index (χ2n) is 2.00. The molecule has 0 saturated carbocycles. The van der Waals surface area contributed by atoms with E-state index >= 15 is 0 Å². The van der Waals surface area contributed by atoms with E-state index < -0.39 is 0 Å². The fourth-order valence-electron chi connectivity index (χ4n) is 0.893. The Hall–Kier alpha value is -0.0800. The van der Waals surface area contributed by atoms with Crippen molar-refractivity contribution in [2.75, 3.05) is 20.2 Å². The van der Waals surface area contributed by atoms with Gasteiger partial charge in [0.25, 0.3) is 0 Å². The first-order chi connectivity index (χ1) is 3.93. The zero-order chi connectivity index (χ0) is 5.82. The summed E-state index contributed by atoms with van der Waals surface area (Å²) >= 11 is 0. The lowest BCUT2D eigenvalue weighted by molar-refractivity contribution is 0.110. The van der Waals surface area contributed by atoms with Crippen LogP contribution in [0.3, 0.4) is 0 Å². The topological polar surface area (TPSA) is 21.3 Å². The van der Waals surface area contributed by atoms with Gasteiger partial charge in [0.2, 0.25) is 0 Å². The lowest BCUT2D eigenvalue weighted by Gasteiger charge is -2.20. The zero-order valence-electron chi connectivity index (χ0n) is 5.18. The molecule has 1 heterocycles. The summed E-state index contributed by atoms with van der Waals surface area (Å²) in [5, 5.41) is 3.21. The third-order valence-corrected chi connectivity index (χ3v) is 1.43. The Morgan fingerprint density at radius 1 is 1.75 bits per heavy atom. The normalized spacial score (nSPS) is 23.6. The van der Waals surface area contributed by atoms with Gasteiger partial charge in [-0.25, -0.2) is 0 Å². The highest BCUT2D eigenvalue weighted by Gasteiger charge is 2.10. The molecule has 47 valence electrons. The lowest BCUT2D eigenvalue weighted by Crippen LogP contribution is -2.32. The van der Waals surface area contributed by atoms with Crippen LogP contribution < -0.4 is 5.32 Å². The molecule has 0 aliphatic carbocycles. The summed E-state index contributed by atoms with van der Waals surface area (Å²) in [6.07, 6.45) is 3.68. The van der Waals surface area contributed by atoms with Crippen LogP contribution in [0.15, 0.2) is 0 Å². The Morgan fingerprint density at radius 3 is 3.00 bits per heavy atom. The van der Waals surface area contributed by atoms with Gasteiger partial charge >= 0.3 is 0 Å². The molecule has 1 unspecified atom stereocenters. The third kappa shape index (κ3) is 1.46. The van der Waals surface area contributed by atoms with Gasteiger partial charge in [0.05, 0.1) is 6.10 Å². The minimum Gasteiger partial charge on any atom is -0.381 e. The van der Waals surface area contributed by atoms with E-state index in [1.165, 1.54) is 0 Å². The number of ether oxygens (including phenoxy) is 1. The molecular weight excluding hydrogens is 102 g/mol. The highest BCUT2D eigenvalue weighted by atomic mass is 16.5. The highest BCUT2D eigenvalue weighted by Crippen LogP contribution is 2.02. The van der Waals surface area contributed by atoms with E-state index in [0.29, 0.717) is 6.10 Å². The van der Waals surface area contributed by atoms with Crippen LogP contribution in [0.4, 0.5) is 0 Å². The van der Waals surface area contributed by atoms with E-state index in [1.54, 1.807) is 7.11 Å². The summed E-state index contributed by atoms with van der Waals surface area (Å²) in [7, 11) is 1.76. The molecule has 1 N–H and O–H groups in total. The van der Waals surface area contributed by atoms with Gasteiger partial charge in [-0.1, -0.05) is 0 Å². The molecule has 0 spiro atoms. The minimum atomic E-state index is 0.399. The van der Waals surface area contributed by atoms with Crippen LogP contribution in [0.25, 0.3) is 0 Å². The molecule has 1 aliphatic rings. The van der Waals surface area contributed by atoms with Crippen molar-refractivity contribution in [1.29, 1.82) is 0 Å². The Labute approximate surface area is 50.2 Å². The summed E-state index contributed by atoms with van der Waals surface area (Å²) in [6.45, 7) is 2.09. The van der Waals surface area contributed by atoms with E-state index in [2.05, 4.69) is 11.7 Å². The van der Waals surface area contributed by atoms with Gasteiger partial charge in [-0.05, 0) is 13.0 Å². The van der Waals surface area contributed by atoms with Crippen molar-refractivity contribution < 1.29 is 4.74 Å². The largest absolute Gasteiger partial charge is 0.381 e. The SMILES string of the molecule is COC1[CH]CNCC1. The quantitative estimate of drug-likeness (QED) is 0.525. The van der Waals surface area contributed by atoms with Crippen molar-refractivity contribution in [2.45, 2.75) is 12.5 Å². The predicted molar refractivity (Wildman–Crippen MR) is 32.6 cm³/mol. The van der Waals surface area contributed by atoms with E-state index in [4.69, 9.17) is 4.74 Å². The van der Waals surface area contributed by atoms with Crippen LogP contribution in [-0.2, 0) is 4.74 Å². The van der Waals surface area contributed by atoms with Gasteiger partial charge in [-0.2, -0.15) is 0 Å². The number of nitrogens with one attached hydrogen (secondary N) is 1. The molecule has 1 aliphatic heterocycles. The van der Waals surface area contributed by atoms with Gasteiger partial charge in [0.1, 0.15) is 0 Å². The summed E-state index contributed by atoms with van der Waals surface area (Å²) in [5.74, 6) is 0. The molecule has 1 fully saturated rings. The molecule has 2 nitrogen and oxygen atoms in total. The summed E-state index contributed by atoms with van der Waals surface area (Å²) in [5.41, 5.74) is 0. The van der Waals surface area contributed by atoms with Crippen molar-refractivity contribution in [3.05, 3.63) is 6.42 Å². The van der Waals surface area contributed by atoms with Gasteiger partial charge in [-0.15, -0.1) is 0 Å². The number of rotatable bonds is 1. The van der Waals surface area contributed by atoms with Gasteiger partial charge < -0.3 is 10.1 Å². The summed E-state index contributed by atoms with van der Waals surface area (Å²) in [4.78, 5) is 0. The van der Waals surface area contributed by atoms with Gasteiger partial charge in [-0.3, -0.25) is 0 Å². The maximum Gasteiger partial charge on any atom is 0.0627 e. The fourth-order valence-corrected chi connectivity index (χ4v) is 0.893. The van der Waals surface area contributed by atoms with Crippen LogP contribution in [0.2, 0.25) is 0 Å². The van der Waals surface area contributed by atoms with Crippen LogP contribution in [-0.4, -0.2) is 26.3 Å². The number of piperidine rings is 1. The molecule has 0 aromatic carbocycles. The Morgan fingerprint density at radius 2 is 2.62 bits per heavy atom. The average Bonchev–Trinajstić information content (AvgIpc) is 1.90. The van der Waals surface area contributed by atoms with Crippen molar-refractivity contribution in [3.8, 4) is 0 Å². The average molecular weight is 114 g/mol. The zero-order valence-corrected chi connectivity index (χ0v) is 5.18. The molecule has 2 heteroatoms. The molecule has 0 aromatic heterocycles. The molecule has 8 heavy (non-hydrogen) atoms. The Bertz CT molecular complexity index is 59.5. The number of methoxy groups -OCH3 is 1. The molecule has 1 rings (SSSR count). The summed E-state index contributed by atoms with van der Waals surface area (Å²) < 4.78 is 5.10. The van der Waals surface area contributed by atoms with E-state index in [9.17, 15) is 0 Å². The third-order valence-electron chi connectivity index (χ3n) is 1.43. The van der Waals surface area contributed by atoms with E-state index in [1.807, 2.05) is 0 Å². The second kappa shape index (κ2) is 3.05. The predicted octanol–water partition coefficient (Wildman–Crippen LogP) is 0.199. The van der Waals surface area contributed by atoms with Crippen molar-refractivity contribution in [1.82, 2.24) is 5.32 Å². The van der Waals surface area contributed by atoms with E-state index in [-0.39, 0.29) is 0 Å². The minimum absolute atomic E-state index is 0.399. The molecule has 0 aromatic rings. The molecule has 1 atom stereocenters. The maximum atomic E-state index is 5.10. The van der Waals surface area contributed by atoms with Crippen molar-refractivity contribution in [3.63, 3.8) is 0 Å². The van der Waals surface area contributed by atoms with Crippen molar-refractivity contribution >= 4 is 0 Å².